The van der Waals surface area contributed by atoms with E-state index in [4.69, 9.17) is 9.47 Å². The molecule has 1 aromatic carbocycles. The number of esters is 1. The van der Waals surface area contributed by atoms with Crippen molar-refractivity contribution >= 4 is 11.8 Å². The summed E-state index contributed by atoms with van der Waals surface area (Å²) >= 11 is 0. The van der Waals surface area contributed by atoms with Crippen LogP contribution < -0.4 is 15.0 Å². The van der Waals surface area contributed by atoms with E-state index < -0.39 is 5.97 Å². The van der Waals surface area contributed by atoms with Gasteiger partial charge in [0.2, 0.25) is 6.79 Å². The van der Waals surface area contributed by atoms with E-state index in [0.717, 1.165) is 22.7 Å². The van der Waals surface area contributed by atoms with Gasteiger partial charge in [-0.05, 0) is 43.7 Å². The second-order valence-corrected chi connectivity index (χ2v) is 7.36. The molecule has 0 bridgehead atoms. The van der Waals surface area contributed by atoms with Gasteiger partial charge in [-0.25, -0.2) is 4.79 Å². The summed E-state index contributed by atoms with van der Waals surface area (Å²) in [6, 6.07) is 10.2. The van der Waals surface area contributed by atoms with E-state index in [1.54, 1.807) is 0 Å². The fraction of sp³-hybridized carbons (Fsp3) is 0.261. The zero-order valence-corrected chi connectivity index (χ0v) is 17.5. The number of benzene rings is 1. The van der Waals surface area contributed by atoms with Crippen LogP contribution in [0.1, 0.15) is 37.7 Å². The number of hydrogen-bond acceptors (Lipinski definition) is 6. The molecule has 0 unspecified atom stereocenters. The largest absolute Gasteiger partial charge is 0.465 e. The number of hydrogen-bond donors (Lipinski definition) is 0. The van der Waals surface area contributed by atoms with Gasteiger partial charge in [0.25, 0.3) is 5.56 Å². The Hall–Kier alpha value is -3.81. The van der Waals surface area contributed by atoms with Crippen LogP contribution in [0.5, 0.6) is 11.5 Å². The summed E-state index contributed by atoms with van der Waals surface area (Å²) in [5.74, 6) is 0.651. The van der Waals surface area contributed by atoms with Crippen molar-refractivity contribution in [3.8, 4) is 11.5 Å². The molecule has 0 N–H and O–H groups in total. The highest BCUT2D eigenvalue weighted by molar-refractivity contribution is 5.97. The maximum Gasteiger partial charge on any atom is 0.339 e. The first-order chi connectivity index (χ1) is 14.9. The fourth-order valence-electron chi connectivity index (χ4n) is 3.68. The van der Waals surface area contributed by atoms with Crippen molar-refractivity contribution in [2.24, 2.45) is 0 Å². The van der Waals surface area contributed by atoms with Crippen molar-refractivity contribution in [3.63, 3.8) is 0 Å². The molecule has 1 aliphatic rings. The molecule has 4 rings (SSSR count). The van der Waals surface area contributed by atoms with E-state index in [1.165, 1.54) is 30.0 Å². The van der Waals surface area contributed by atoms with Crippen molar-refractivity contribution < 1.29 is 23.8 Å². The van der Waals surface area contributed by atoms with Gasteiger partial charge in [-0.2, -0.15) is 0 Å². The number of methoxy groups -OCH3 is 1. The van der Waals surface area contributed by atoms with Crippen LogP contribution in [-0.2, 0) is 17.8 Å². The number of rotatable bonds is 6. The zero-order chi connectivity index (χ0) is 22.1. The summed E-state index contributed by atoms with van der Waals surface area (Å²) < 4.78 is 18.7. The molecule has 0 spiro atoms. The maximum atomic E-state index is 13.0. The molecule has 0 fully saturated rings. The second-order valence-electron chi connectivity index (χ2n) is 7.36. The number of ketones is 1. The lowest BCUT2D eigenvalue weighted by atomic mass is 10.1. The number of carbonyl (C=O) groups excluding carboxylic acids is 2. The molecule has 0 aliphatic carbocycles. The number of carbonyl (C=O) groups is 2. The number of aromatic nitrogens is 2. The number of nitrogens with zero attached hydrogens (tertiary/aromatic N) is 2. The molecular formula is C23H22N2O6. The SMILES string of the molecule is COC(=O)c1ccc(=O)n(CC(=O)c2cc(C)n(Cc3ccc4c(c3)OCO4)c2C)c1. The first-order valence-corrected chi connectivity index (χ1v) is 9.74. The topological polar surface area (TPSA) is 88.8 Å². The van der Waals surface area contributed by atoms with Gasteiger partial charge in [0.1, 0.15) is 0 Å². The number of fused-ring (bicyclic) bond motifs is 1. The number of Topliss-reactive ketones (excluding diaryl/α,β-unsaturated/α-hetero) is 1. The second kappa shape index (κ2) is 8.14. The van der Waals surface area contributed by atoms with Crippen molar-refractivity contribution in [1.82, 2.24) is 9.13 Å². The van der Waals surface area contributed by atoms with E-state index in [-0.39, 0.29) is 30.2 Å². The van der Waals surface area contributed by atoms with Crippen LogP contribution in [0.3, 0.4) is 0 Å². The third kappa shape index (κ3) is 3.96. The predicted molar refractivity (Wildman–Crippen MR) is 112 cm³/mol. The molecule has 0 saturated carbocycles. The Kier molecular flexibility index (Phi) is 5.37. The van der Waals surface area contributed by atoms with Gasteiger partial charge in [-0.3, -0.25) is 9.59 Å². The summed E-state index contributed by atoms with van der Waals surface area (Å²) in [5.41, 5.74) is 3.13. The molecule has 8 heteroatoms. The smallest absolute Gasteiger partial charge is 0.339 e. The van der Waals surface area contributed by atoms with E-state index in [9.17, 15) is 14.4 Å². The third-order valence-electron chi connectivity index (χ3n) is 5.37. The van der Waals surface area contributed by atoms with E-state index in [2.05, 4.69) is 4.74 Å². The van der Waals surface area contributed by atoms with Crippen molar-refractivity contribution in [2.45, 2.75) is 26.9 Å². The molecule has 3 aromatic rings. The molecule has 160 valence electrons. The Bertz CT molecular complexity index is 1240. The Labute approximate surface area is 178 Å². The minimum atomic E-state index is -0.567. The predicted octanol–water partition coefficient (Wildman–Crippen LogP) is 2.71. The van der Waals surface area contributed by atoms with Gasteiger partial charge in [0, 0.05) is 35.8 Å². The monoisotopic (exact) mass is 422 g/mol. The van der Waals surface area contributed by atoms with Crippen molar-refractivity contribution in [3.05, 3.63) is 81.0 Å². The molecule has 8 nitrogen and oxygen atoms in total. The normalized spacial score (nSPS) is 12.1. The molecule has 3 heterocycles. The van der Waals surface area contributed by atoms with Gasteiger partial charge < -0.3 is 23.3 Å². The highest BCUT2D eigenvalue weighted by atomic mass is 16.7. The minimum absolute atomic E-state index is 0.169. The van der Waals surface area contributed by atoms with Gasteiger partial charge in [0.15, 0.2) is 17.3 Å². The minimum Gasteiger partial charge on any atom is -0.465 e. The van der Waals surface area contributed by atoms with Gasteiger partial charge >= 0.3 is 5.97 Å². The highest BCUT2D eigenvalue weighted by Gasteiger charge is 2.19. The quantitative estimate of drug-likeness (QED) is 0.448. The molecule has 0 amide bonds. The maximum absolute atomic E-state index is 13.0. The van der Waals surface area contributed by atoms with Crippen molar-refractivity contribution in [2.75, 3.05) is 13.9 Å². The molecule has 1 aliphatic heterocycles. The molecule has 0 saturated heterocycles. The Morgan fingerprint density at radius 3 is 2.61 bits per heavy atom. The highest BCUT2D eigenvalue weighted by Crippen LogP contribution is 2.33. The summed E-state index contributed by atoms with van der Waals surface area (Å²) in [4.78, 5) is 36.9. The molecular weight excluding hydrogens is 400 g/mol. The lowest BCUT2D eigenvalue weighted by Crippen LogP contribution is -2.24. The van der Waals surface area contributed by atoms with Gasteiger partial charge in [-0.1, -0.05) is 6.07 Å². The van der Waals surface area contributed by atoms with Crippen LogP contribution in [-0.4, -0.2) is 34.8 Å². The van der Waals surface area contributed by atoms with Crippen LogP contribution in [0.15, 0.2) is 47.4 Å². The average molecular weight is 422 g/mol. The van der Waals surface area contributed by atoms with Crippen LogP contribution in [0.2, 0.25) is 0 Å². The van der Waals surface area contributed by atoms with Gasteiger partial charge in [-0.15, -0.1) is 0 Å². The number of pyridine rings is 1. The van der Waals surface area contributed by atoms with Gasteiger partial charge in [0.05, 0.1) is 19.2 Å². The molecule has 2 aromatic heterocycles. The average Bonchev–Trinajstić information content (AvgIpc) is 3.34. The van der Waals surface area contributed by atoms with E-state index >= 15 is 0 Å². The molecule has 0 atom stereocenters. The third-order valence-corrected chi connectivity index (χ3v) is 5.37. The van der Waals surface area contributed by atoms with Crippen LogP contribution in [0.4, 0.5) is 0 Å². The Morgan fingerprint density at radius 2 is 1.84 bits per heavy atom. The van der Waals surface area contributed by atoms with Crippen LogP contribution in [0.25, 0.3) is 0 Å². The first-order valence-electron chi connectivity index (χ1n) is 9.74. The lowest BCUT2D eigenvalue weighted by Gasteiger charge is -2.11. The molecule has 0 radical (unpaired) electrons. The summed E-state index contributed by atoms with van der Waals surface area (Å²) in [6.45, 7) is 4.43. The van der Waals surface area contributed by atoms with E-state index in [0.29, 0.717) is 17.9 Å². The number of ether oxygens (including phenoxy) is 3. The zero-order valence-electron chi connectivity index (χ0n) is 17.5. The molecule has 31 heavy (non-hydrogen) atoms. The summed E-state index contributed by atoms with van der Waals surface area (Å²) in [7, 11) is 1.26. The number of aryl methyl sites for hydroxylation is 1. The summed E-state index contributed by atoms with van der Waals surface area (Å²) in [5, 5.41) is 0. The Morgan fingerprint density at radius 1 is 1.06 bits per heavy atom. The van der Waals surface area contributed by atoms with E-state index in [1.807, 2.05) is 42.7 Å². The van der Waals surface area contributed by atoms with Crippen LogP contribution >= 0.6 is 0 Å². The summed E-state index contributed by atoms with van der Waals surface area (Å²) in [6.07, 6.45) is 1.35. The van der Waals surface area contributed by atoms with Crippen LogP contribution in [0, 0.1) is 13.8 Å². The standard InChI is InChI=1S/C23H22N2O6/c1-14-8-18(19(26)12-24-11-17(23(28)29-3)5-7-22(24)27)15(2)25(14)10-16-4-6-20-21(9-16)31-13-30-20/h4-9,11H,10,12-13H2,1-3H3. The Balaban J connectivity index is 1.58. The fourth-order valence-corrected chi connectivity index (χ4v) is 3.68. The lowest BCUT2D eigenvalue weighted by molar-refractivity contribution is 0.0599. The van der Waals surface area contributed by atoms with Crippen molar-refractivity contribution in [1.29, 1.82) is 0 Å². The first kappa shape index (κ1) is 20.5.